The van der Waals surface area contributed by atoms with E-state index in [4.69, 9.17) is 0 Å². The lowest BCUT2D eigenvalue weighted by atomic mass is 9.49. The summed E-state index contributed by atoms with van der Waals surface area (Å²) in [6.45, 7) is 3.00. The maximum atomic E-state index is 13.2. The summed E-state index contributed by atoms with van der Waals surface area (Å²) in [6.07, 6.45) is 2.66. The predicted molar refractivity (Wildman–Crippen MR) is 119 cm³/mol. The molecule has 2 aromatic rings. The number of benzene rings is 1. The van der Waals surface area contributed by atoms with Crippen molar-refractivity contribution in [3.8, 4) is 0 Å². The molecular formula is C24H29F3N4OS. The van der Waals surface area contributed by atoms with Crippen molar-refractivity contribution in [1.29, 1.82) is 0 Å². The van der Waals surface area contributed by atoms with Gasteiger partial charge in [0.2, 0.25) is 5.91 Å². The first-order valence-electron chi connectivity index (χ1n) is 11.7. The van der Waals surface area contributed by atoms with Crippen LogP contribution in [0.1, 0.15) is 62.4 Å². The largest absolute Gasteiger partial charge is 0.416 e. The van der Waals surface area contributed by atoms with Crippen LogP contribution in [0, 0.1) is 23.2 Å². The maximum Gasteiger partial charge on any atom is 0.416 e. The van der Waals surface area contributed by atoms with Crippen molar-refractivity contribution in [1.82, 2.24) is 20.1 Å². The molecule has 9 heteroatoms. The molecule has 1 heterocycles. The number of halogens is 3. The normalized spacial score (nSPS) is 28.3. The van der Waals surface area contributed by atoms with Crippen molar-refractivity contribution in [2.24, 2.45) is 23.2 Å². The van der Waals surface area contributed by atoms with Crippen LogP contribution in [0.25, 0.3) is 0 Å². The van der Waals surface area contributed by atoms with Gasteiger partial charge in [-0.3, -0.25) is 4.79 Å². The third-order valence-corrected chi connectivity index (χ3v) is 8.72. The van der Waals surface area contributed by atoms with Crippen LogP contribution in [0.15, 0.2) is 29.4 Å². The van der Waals surface area contributed by atoms with E-state index in [0.717, 1.165) is 54.7 Å². The number of nitrogens with one attached hydrogen (secondary N) is 1. The van der Waals surface area contributed by atoms with Crippen molar-refractivity contribution in [3.05, 3.63) is 41.2 Å². The zero-order valence-electron chi connectivity index (χ0n) is 18.7. The van der Waals surface area contributed by atoms with Gasteiger partial charge >= 0.3 is 6.18 Å². The minimum atomic E-state index is -4.33. The number of nitrogens with zero attached hydrogens (tertiary/aromatic N) is 3. The molecule has 4 aliphatic rings. The van der Waals surface area contributed by atoms with Crippen LogP contribution >= 0.6 is 11.8 Å². The summed E-state index contributed by atoms with van der Waals surface area (Å²) in [6, 6.07) is 5.20. The van der Waals surface area contributed by atoms with Crippen LogP contribution in [0.4, 0.5) is 13.2 Å². The van der Waals surface area contributed by atoms with Crippen LogP contribution in [0.2, 0.25) is 0 Å². The van der Waals surface area contributed by atoms with Gasteiger partial charge in [-0.2, -0.15) is 13.2 Å². The molecule has 0 unspecified atom stereocenters. The van der Waals surface area contributed by atoms with E-state index in [0.29, 0.717) is 29.8 Å². The molecule has 4 aliphatic carbocycles. The number of carbonyl (C=O) groups excluding carboxylic acids is 1. The summed E-state index contributed by atoms with van der Waals surface area (Å²) in [7, 11) is 0. The summed E-state index contributed by atoms with van der Waals surface area (Å²) >= 11 is 1.44. The summed E-state index contributed by atoms with van der Waals surface area (Å²) in [5.41, 5.74) is -0.0493. The van der Waals surface area contributed by atoms with Crippen molar-refractivity contribution < 1.29 is 18.0 Å². The van der Waals surface area contributed by atoms with Crippen LogP contribution < -0.4 is 5.32 Å². The van der Waals surface area contributed by atoms with Crippen LogP contribution in [0.3, 0.4) is 0 Å². The molecule has 1 N–H and O–H groups in total. The van der Waals surface area contributed by atoms with E-state index in [-0.39, 0.29) is 11.3 Å². The monoisotopic (exact) mass is 478 g/mol. The molecule has 5 nitrogen and oxygen atoms in total. The van der Waals surface area contributed by atoms with Gasteiger partial charge in [0.15, 0.2) is 11.0 Å². The summed E-state index contributed by atoms with van der Waals surface area (Å²) in [4.78, 5) is 13.2. The third kappa shape index (κ3) is 4.53. The van der Waals surface area contributed by atoms with Gasteiger partial charge < -0.3 is 9.88 Å². The minimum absolute atomic E-state index is 0.172. The Morgan fingerprint density at radius 3 is 2.24 bits per heavy atom. The molecule has 0 aliphatic heterocycles. The first-order chi connectivity index (χ1) is 15.8. The number of hydrogen-bond donors (Lipinski definition) is 1. The average Bonchev–Trinajstić information content (AvgIpc) is 3.16. The highest BCUT2D eigenvalue weighted by molar-refractivity contribution is 7.98. The average molecular weight is 479 g/mol. The van der Waals surface area contributed by atoms with Gasteiger partial charge in [0.25, 0.3) is 0 Å². The molecule has 0 radical (unpaired) electrons. The molecule has 4 saturated carbocycles. The van der Waals surface area contributed by atoms with Crippen molar-refractivity contribution in [3.63, 3.8) is 0 Å². The topological polar surface area (TPSA) is 59.8 Å². The number of thioether (sulfide) groups is 1. The SMILES string of the molecule is CCn1c(CNC(=O)C23CC4CC(CC(C4)C2)C3)nnc1SCc1ccc(C(F)(F)F)cc1. The molecule has 178 valence electrons. The number of alkyl halides is 3. The first kappa shape index (κ1) is 22.7. The molecule has 33 heavy (non-hydrogen) atoms. The highest BCUT2D eigenvalue weighted by atomic mass is 32.2. The smallest absolute Gasteiger partial charge is 0.348 e. The summed E-state index contributed by atoms with van der Waals surface area (Å²) < 4.78 is 40.2. The van der Waals surface area contributed by atoms with E-state index >= 15 is 0 Å². The number of hydrogen-bond acceptors (Lipinski definition) is 4. The number of carbonyl (C=O) groups is 1. The lowest BCUT2D eigenvalue weighted by Crippen LogP contribution is -2.53. The Labute approximate surface area is 195 Å². The van der Waals surface area contributed by atoms with E-state index in [9.17, 15) is 18.0 Å². The zero-order valence-corrected chi connectivity index (χ0v) is 19.5. The number of rotatable bonds is 7. The van der Waals surface area contributed by atoms with E-state index in [1.165, 1.54) is 43.2 Å². The minimum Gasteiger partial charge on any atom is -0.348 e. The second kappa shape index (κ2) is 8.64. The van der Waals surface area contributed by atoms with Crippen LogP contribution in [-0.2, 0) is 29.8 Å². The number of amides is 1. The Kier molecular flexibility index (Phi) is 5.95. The molecule has 0 saturated heterocycles. The van der Waals surface area contributed by atoms with Gasteiger partial charge in [0, 0.05) is 17.7 Å². The van der Waals surface area contributed by atoms with Gasteiger partial charge in [-0.15, -0.1) is 10.2 Å². The highest BCUT2D eigenvalue weighted by Gasteiger charge is 2.54. The molecule has 0 atom stereocenters. The zero-order chi connectivity index (χ0) is 23.2. The van der Waals surface area contributed by atoms with Crippen molar-refractivity contribution >= 4 is 17.7 Å². The first-order valence-corrected chi connectivity index (χ1v) is 12.7. The predicted octanol–water partition coefficient (Wildman–Crippen LogP) is 5.44. The van der Waals surface area contributed by atoms with Gasteiger partial charge in [-0.05, 0) is 80.9 Å². The molecular weight excluding hydrogens is 449 g/mol. The Balaban J connectivity index is 1.20. The Morgan fingerprint density at radius 2 is 1.70 bits per heavy atom. The quantitative estimate of drug-likeness (QED) is 0.538. The van der Waals surface area contributed by atoms with E-state index < -0.39 is 11.7 Å². The van der Waals surface area contributed by atoms with Crippen LogP contribution in [-0.4, -0.2) is 20.7 Å². The van der Waals surface area contributed by atoms with Gasteiger partial charge in [0.05, 0.1) is 12.1 Å². The Morgan fingerprint density at radius 1 is 1.09 bits per heavy atom. The van der Waals surface area contributed by atoms with Gasteiger partial charge in [0.1, 0.15) is 0 Å². The molecule has 0 spiro atoms. The summed E-state index contributed by atoms with van der Waals surface area (Å²) in [5, 5.41) is 12.4. The van der Waals surface area contributed by atoms with Crippen molar-refractivity contribution in [2.75, 3.05) is 0 Å². The second-order valence-electron chi connectivity index (χ2n) is 10.0. The standard InChI is InChI=1S/C24H29F3N4OS/c1-2-31-20(13-28-21(32)23-10-16-7-17(11-23)9-18(8-16)12-23)29-30-22(31)33-14-15-3-5-19(6-4-15)24(25,26)27/h3-6,16-18H,2,7-14H2,1H3,(H,28,32). The fourth-order valence-electron chi connectivity index (χ4n) is 6.55. The Hall–Kier alpha value is -2.03. The molecule has 1 aromatic carbocycles. The van der Waals surface area contributed by atoms with Crippen molar-refractivity contribution in [2.45, 2.75) is 75.6 Å². The highest BCUT2D eigenvalue weighted by Crippen LogP contribution is 2.60. The van der Waals surface area contributed by atoms with E-state index in [2.05, 4.69) is 15.5 Å². The number of aromatic nitrogens is 3. The van der Waals surface area contributed by atoms with E-state index in [1.54, 1.807) is 0 Å². The fraction of sp³-hybridized carbons (Fsp3) is 0.625. The Bertz CT molecular complexity index is 982. The van der Waals surface area contributed by atoms with Gasteiger partial charge in [-0.25, -0.2) is 0 Å². The van der Waals surface area contributed by atoms with Crippen LogP contribution in [0.5, 0.6) is 0 Å². The molecule has 1 amide bonds. The van der Waals surface area contributed by atoms with Gasteiger partial charge in [-0.1, -0.05) is 23.9 Å². The molecule has 6 rings (SSSR count). The lowest BCUT2D eigenvalue weighted by molar-refractivity contribution is -0.146. The fourth-order valence-corrected chi connectivity index (χ4v) is 7.52. The molecule has 4 bridgehead atoms. The molecule has 1 aromatic heterocycles. The second-order valence-corrected chi connectivity index (χ2v) is 10.9. The maximum absolute atomic E-state index is 13.2. The third-order valence-electron chi connectivity index (χ3n) is 7.69. The molecule has 4 fully saturated rings. The summed E-state index contributed by atoms with van der Waals surface area (Å²) in [5.74, 6) is 3.53. The van der Waals surface area contributed by atoms with E-state index in [1.807, 2.05) is 11.5 Å². The lowest BCUT2D eigenvalue weighted by Gasteiger charge is -2.55.